The molecule has 8 heteroatoms. The van der Waals surface area contributed by atoms with Crippen LogP contribution >= 0.6 is 0 Å². The van der Waals surface area contributed by atoms with Crippen molar-refractivity contribution in [3.63, 3.8) is 0 Å². The number of benzene rings is 2. The monoisotopic (exact) mass is 296 g/mol. The molecule has 0 unspecified atom stereocenters. The highest BCUT2D eigenvalue weighted by Gasteiger charge is 2.16. The number of nitro benzene ring substituents is 1. The molecular formula is C13H7F3N2O3. The summed E-state index contributed by atoms with van der Waals surface area (Å²) in [7, 11) is 0. The Morgan fingerprint density at radius 3 is 2.38 bits per heavy atom. The Bertz CT molecular complexity index is 735. The second kappa shape index (κ2) is 5.61. The van der Waals surface area contributed by atoms with Gasteiger partial charge in [-0.15, -0.1) is 0 Å². The van der Waals surface area contributed by atoms with Crippen molar-refractivity contribution in [3.05, 3.63) is 69.5 Å². The maximum Gasteiger partial charge on any atom is 0.271 e. The Kier molecular flexibility index (Phi) is 3.88. The van der Waals surface area contributed by atoms with Crippen molar-refractivity contribution in [1.82, 2.24) is 0 Å². The van der Waals surface area contributed by atoms with Gasteiger partial charge in [0.15, 0.2) is 0 Å². The summed E-state index contributed by atoms with van der Waals surface area (Å²) in [6.07, 6.45) is 0. The number of halogens is 3. The molecule has 2 rings (SSSR count). The van der Waals surface area contributed by atoms with Gasteiger partial charge in [0.2, 0.25) is 0 Å². The van der Waals surface area contributed by atoms with Gasteiger partial charge in [-0.05, 0) is 18.2 Å². The van der Waals surface area contributed by atoms with Crippen LogP contribution in [0.2, 0.25) is 0 Å². The van der Waals surface area contributed by atoms with E-state index in [9.17, 15) is 28.1 Å². The predicted octanol–water partition coefficient (Wildman–Crippen LogP) is 3.26. The van der Waals surface area contributed by atoms with Crippen LogP contribution in [0.25, 0.3) is 0 Å². The van der Waals surface area contributed by atoms with Crippen LogP contribution in [0.15, 0.2) is 36.4 Å². The largest absolute Gasteiger partial charge is 0.319 e. The SMILES string of the molecule is O=C(Nc1cc([N+](=O)[O-])ccc1F)c1ccc(F)cc1F. The third kappa shape index (κ3) is 3.16. The fourth-order valence-corrected chi connectivity index (χ4v) is 1.59. The lowest BCUT2D eigenvalue weighted by Gasteiger charge is -2.07. The Hall–Kier alpha value is -2.90. The highest BCUT2D eigenvalue weighted by Crippen LogP contribution is 2.22. The van der Waals surface area contributed by atoms with Gasteiger partial charge in [-0.2, -0.15) is 0 Å². The highest BCUT2D eigenvalue weighted by molar-refractivity contribution is 6.04. The number of non-ortho nitro benzene ring substituents is 1. The van der Waals surface area contributed by atoms with Crippen LogP contribution in [0.1, 0.15) is 10.4 Å². The quantitative estimate of drug-likeness (QED) is 0.698. The average Bonchev–Trinajstić information content (AvgIpc) is 2.40. The number of amides is 1. The van der Waals surface area contributed by atoms with Crippen molar-refractivity contribution in [2.45, 2.75) is 0 Å². The Morgan fingerprint density at radius 2 is 1.76 bits per heavy atom. The van der Waals surface area contributed by atoms with E-state index in [4.69, 9.17) is 0 Å². The van der Waals surface area contributed by atoms with E-state index < -0.39 is 45.2 Å². The zero-order valence-electron chi connectivity index (χ0n) is 10.3. The van der Waals surface area contributed by atoms with Crippen LogP contribution in [0.4, 0.5) is 24.5 Å². The Labute approximate surface area is 116 Å². The molecule has 21 heavy (non-hydrogen) atoms. The minimum absolute atomic E-state index is 0.439. The smallest absolute Gasteiger partial charge is 0.271 e. The topological polar surface area (TPSA) is 72.2 Å². The van der Waals surface area contributed by atoms with Crippen molar-refractivity contribution in [3.8, 4) is 0 Å². The maximum absolute atomic E-state index is 13.5. The third-order valence-corrected chi connectivity index (χ3v) is 2.58. The number of carbonyl (C=O) groups excluding carboxylic acids is 1. The molecule has 2 aromatic rings. The number of nitro groups is 1. The maximum atomic E-state index is 13.5. The molecule has 0 saturated carbocycles. The van der Waals surface area contributed by atoms with E-state index in [0.717, 1.165) is 30.3 Å². The van der Waals surface area contributed by atoms with Crippen LogP contribution in [0.5, 0.6) is 0 Å². The third-order valence-electron chi connectivity index (χ3n) is 2.58. The normalized spacial score (nSPS) is 10.2. The molecule has 0 aliphatic rings. The molecule has 0 spiro atoms. The van der Waals surface area contributed by atoms with Crippen molar-refractivity contribution in [2.75, 3.05) is 5.32 Å². The molecule has 0 aliphatic carbocycles. The fourth-order valence-electron chi connectivity index (χ4n) is 1.59. The lowest BCUT2D eigenvalue weighted by atomic mass is 10.2. The van der Waals surface area contributed by atoms with E-state index in [1.54, 1.807) is 0 Å². The molecular weight excluding hydrogens is 289 g/mol. The van der Waals surface area contributed by atoms with Crippen molar-refractivity contribution >= 4 is 17.3 Å². The van der Waals surface area contributed by atoms with Crippen LogP contribution < -0.4 is 5.32 Å². The van der Waals surface area contributed by atoms with Crippen molar-refractivity contribution < 1.29 is 22.9 Å². The second-order valence-electron chi connectivity index (χ2n) is 4.00. The van der Waals surface area contributed by atoms with E-state index in [1.165, 1.54) is 0 Å². The summed E-state index contributed by atoms with van der Waals surface area (Å²) in [4.78, 5) is 21.6. The molecule has 0 fully saturated rings. The van der Waals surface area contributed by atoms with Crippen molar-refractivity contribution in [1.29, 1.82) is 0 Å². The molecule has 2 aromatic carbocycles. The summed E-state index contributed by atoms with van der Waals surface area (Å²) in [5, 5.41) is 12.6. The summed E-state index contributed by atoms with van der Waals surface area (Å²) in [6, 6.07) is 4.77. The van der Waals surface area contributed by atoms with Crippen LogP contribution in [-0.2, 0) is 0 Å². The van der Waals surface area contributed by atoms with E-state index in [0.29, 0.717) is 6.07 Å². The van der Waals surface area contributed by atoms with Crippen LogP contribution in [0.3, 0.4) is 0 Å². The van der Waals surface area contributed by atoms with Gasteiger partial charge in [0, 0.05) is 18.2 Å². The molecule has 0 aromatic heterocycles. The van der Waals surface area contributed by atoms with Gasteiger partial charge in [0.25, 0.3) is 11.6 Å². The number of hydrogen-bond donors (Lipinski definition) is 1. The molecule has 108 valence electrons. The Balaban J connectivity index is 2.31. The first-order chi connectivity index (χ1) is 9.88. The second-order valence-corrected chi connectivity index (χ2v) is 4.00. The molecule has 0 radical (unpaired) electrons. The molecule has 0 aliphatic heterocycles. The van der Waals surface area contributed by atoms with Gasteiger partial charge in [0.05, 0.1) is 16.2 Å². The Morgan fingerprint density at radius 1 is 1.05 bits per heavy atom. The number of rotatable bonds is 3. The summed E-state index contributed by atoms with van der Waals surface area (Å²) >= 11 is 0. The average molecular weight is 296 g/mol. The van der Waals surface area contributed by atoms with Gasteiger partial charge in [0.1, 0.15) is 17.5 Å². The van der Waals surface area contributed by atoms with E-state index >= 15 is 0 Å². The summed E-state index contributed by atoms with van der Waals surface area (Å²) < 4.78 is 39.6. The fraction of sp³-hybridized carbons (Fsp3) is 0. The van der Waals surface area contributed by atoms with Gasteiger partial charge >= 0.3 is 0 Å². The highest BCUT2D eigenvalue weighted by atomic mass is 19.1. The summed E-state index contributed by atoms with van der Waals surface area (Å²) in [5.74, 6) is -3.97. The van der Waals surface area contributed by atoms with Gasteiger partial charge in [-0.25, -0.2) is 13.2 Å². The predicted molar refractivity (Wildman–Crippen MR) is 67.4 cm³/mol. The number of nitrogens with one attached hydrogen (secondary N) is 1. The minimum Gasteiger partial charge on any atom is -0.319 e. The first-order valence-corrected chi connectivity index (χ1v) is 5.59. The molecule has 0 saturated heterocycles. The first-order valence-electron chi connectivity index (χ1n) is 5.59. The number of carbonyl (C=O) groups is 1. The first kappa shape index (κ1) is 14.5. The zero-order valence-corrected chi connectivity index (χ0v) is 10.3. The summed E-state index contributed by atoms with van der Waals surface area (Å²) in [5.41, 5.74) is -1.42. The summed E-state index contributed by atoms with van der Waals surface area (Å²) in [6.45, 7) is 0. The lowest BCUT2D eigenvalue weighted by Crippen LogP contribution is -2.15. The van der Waals surface area contributed by atoms with Gasteiger partial charge in [-0.1, -0.05) is 0 Å². The van der Waals surface area contributed by atoms with Crippen molar-refractivity contribution in [2.24, 2.45) is 0 Å². The number of hydrogen-bond acceptors (Lipinski definition) is 3. The number of anilines is 1. The minimum atomic E-state index is -1.13. The van der Waals surface area contributed by atoms with E-state index in [1.807, 2.05) is 5.32 Å². The molecule has 0 heterocycles. The van der Waals surface area contributed by atoms with Crippen LogP contribution in [0, 0.1) is 27.6 Å². The zero-order chi connectivity index (χ0) is 15.6. The molecule has 0 atom stereocenters. The standard InChI is InChI=1S/C13H7F3N2O3/c14-7-1-3-9(11(16)5-7)13(19)17-12-6-8(18(20)21)2-4-10(12)15/h1-6H,(H,17,19). The molecule has 0 bridgehead atoms. The van der Waals surface area contributed by atoms with Crippen LogP contribution in [-0.4, -0.2) is 10.8 Å². The lowest BCUT2D eigenvalue weighted by molar-refractivity contribution is -0.384. The number of nitrogens with zero attached hydrogens (tertiary/aromatic N) is 1. The van der Waals surface area contributed by atoms with E-state index in [2.05, 4.69) is 0 Å². The van der Waals surface area contributed by atoms with Gasteiger partial charge in [-0.3, -0.25) is 14.9 Å². The molecule has 1 N–H and O–H groups in total. The van der Waals surface area contributed by atoms with E-state index in [-0.39, 0.29) is 0 Å². The van der Waals surface area contributed by atoms with Gasteiger partial charge < -0.3 is 5.32 Å². The molecule has 1 amide bonds. The molecule has 5 nitrogen and oxygen atoms in total.